The van der Waals surface area contributed by atoms with Crippen LogP contribution in [0.15, 0.2) is 42.6 Å². The fourth-order valence-electron chi connectivity index (χ4n) is 3.35. The van der Waals surface area contributed by atoms with Crippen molar-refractivity contribution in [1.82, 2.24) is 9.78 Å². The first kappa shape index (κ1) is 14.3. The van der Waals surface area contributed by atoms with Crippen LogP contribution < -0.4 is 5.73 Å². The maximum atomic E-state index is 5.95. The highest BCUT2D eigenvalue weighted by Crippen LogP contribution is 2.29. The highest BCUT2D eigenvalue weighted by Gasteiger charge is 2.18. The largest absolute Gasteiger partial charge is 0.330 e. The lowest BCUT2D eigenvalue weighted by Crippen LogP contribution is -2.13. The molecule has 0 saturated heterocycles. The quantitative estimate of drug-likeness (QED) is 0.879. The summed E-state index contributed by atoms with van der Waals surface area (Å²) < 4.78 is 2.18. The molecule has 0 spiro atoms. The summed E-state index contributed by atoms with van der Waals surface area (Å²) in [5.41, 5.74) is 8.50. The number of benzene rings is 1. The number of hydrogen-bond acceptors (Lipinski definition) is 2. The van der Waals surface area contributed by atoms with Crippen molar-refractivity contribution in [2.24, 2.45) is 5.73 Å². The molecule has 21 heavy (non-hydrogen) atoms. The van der Waals surface area contributed by atoms with Gasteiger partial charge in [0.25, 0.3) is 0 Å². The molecule has 1 heterocycles. The van der Waals surface area contributed by atoms with Crippen molar-refractivity contribution in [2.75, 3.05) is 6.54 Å². The number of aromatic nitrogens is 2. The van der Waals surface area contributed by atoms with E-state index in [4.69, 9.17) is 10.8 Å². The second kappa shape index (κ2) is 6.90. The smallest absolute Gasteiger partial charge is 0.0624 e. The van der Waals surface area contributed by atoms with Crippen LogP contribution in [0.25, 0.3) is 0 Å². The average Bonchev–Trinajstić information content (AvgIpc) is 3.20. The van der Waals surface area contributed by atoms with E-state index >= 15 is 0 Å². The molecule has 0 aliphatic heterocycles. The Kier molecular flexibility index (Phi) is 4.71. The van der Waals surface area contributed by atoms with E-state index in [9.17, 15) is 0 Å². The summed E-state index contributed by atoms with van der Waals surface area (Å²) >= 11 is 0. The van der Waals surface area contributed by atoms with Crippen molar-refractivity contribution in [2.45, 2.75) is 50.5 Å². The van der Waals surface area contributed by atoms with E-state index in [1.54, 1.807) is 0 Å². The molecule has 1 aromatic carbocycles. The third kappa shape index (κ3) is 3.53. The lowest BCUT2D eigenvalue weighted by atomic mass is 9.94. The fraction of sp³-hybridized carbons (Fsp3) is 0.500. The Morgan fingerprint density at radius 1 is 1.14 bits per heavy atom. The number of rotatable bonds is 6. The Bertz CT molecular complexity index is 541. The van der Waals surface area contributed by atoms with E-state index in [0.717, 1.165) is 12.8 Å². The first-order valence-electron chi connectivity index (χ1n) is 8.16. The molecule has 3 heteroatoms. The van der Waals surface area contributed by atoms with Crippen molar-refractivity contribution in [3.63, 3.8) is 0 Å². The van der Waals surface area contributed by atoms with Crippen molar-refractivity contribution in [3.8, 4) is 0 Å². The minimum atomic E-state index is 0.433. The monoisotopic (exact) mass is 283 g/mol. The topological polar surface area (TPSA) is 43.8 Å². The molecule has 1 aliphatic carbocycles. The van der Waals surface area contributed by atoms with Crippen LogP contribution in [0.3, 0.4) is 0 Å². The van der Waals surface area contributed by atoms with Gasteiger partial charge in [-0.15, -0.1) is 0 Å². The second-order valence-corrected chi connectivity index (χ2v) is 6.11. The molecule has 0 amide bonds. The van der Waals surface area contributed by atoms with E-state index in [0.29, 0.717) is 18.5 Å². The SMILES string of the molecule is NCC(CCc1ccn(C2CCCC2)n1)c1ccccc1. The van der Waals surface area contributed by atoms with E-state index in [1.165, 1.54) is 36.9 Å². The number of nitrogens with zero attached hydrogens (tertiary/aromatic N) is 2. The summed E-state index contributed by atoms with van der Waals surface area (Å²) in [5.74, 6) is 0.433. The van der Waals surface area contributed by atoms with Gasteiger partial charge in [-0.1, -0.05) is 43.2 Å². The molecule has 1 fully saturated rings. The van der Waals surface area contributed by atoms with Gasteiger partial charge < -0.3 is 5.73 Å². The Balaban J connectivity index is 1.59. The molecular weight excluding hydrogens is 258 g/mol. The van der Waals surface area contributed by atoms with Crippen LogP contribution in [0, 0.1) is 0 Å². The van der Waals surface area contributed by atoms with Gasteiger partial charge in [-0.2, -0.15) is 5.10 Å². The first-order chi connectivity index (χ1) is 10.4. The van der Waals surface area contributed by atoms with Crippen LogP contribution >= 0.6 is 0 Å². The maximum absolute atomic E-state index is 5.95. The predicted octanol–water partition coefficient (Wildman–Crippen LogP) is 3.67. The first-order valence-corrected chi connectivity index (χ1v) is 8.16. The van der Waals surface area contributed by atoms with Crippen molar-refractivity contribution in [3.05, 3.63) is 53.9 Å². The van der Waals surface area contributed by atoms with Crippen LogP contribution in [0.2, 0.25) is 0 Å². The Morgan fingerprint density at radius 2 is 1.90 bits per heavy atom. The Labute approximate surface area is 127 Å². The average molecular weight is 283 g/mol. The summed E-state index contributed by atoms with van der Waals surface area (Å²) in [6.07, 6.45) is 9.52. The van der Waals surface area contributed by atoms with Gasteiger partial charge in [0.2, 0.25) is 0 Å². The molecule has 2 aromatic rings. The van der Waals surface area contributed by atoms with Gasteiger partial charge >= 0.3 is 0 Å². The van der Waals surface area contributed by atoms with Crippen LogP contribution in [-0.4, -0.2) is 16.3 Å². The second-order valence-electron chi connectivity index (χ2n) is 6.11. The van der Waals surface area contributed by atoms with Crippen molar-refractivity contribution < 1.29 is 0 Å². The molecule has 3 rings (SSSR count). The molecule has 112 valence electrons. The van der Waals surface area contributed by atoms with Gasteiger partial charge in [0.15, 0.2) is 0 Å². The highest BCUT2D eigenvalue weighted by molar-refractivity contribution is 5.20. The van der Waals surface area contributed by atoms with Crippen LogP contribution in [0.5, 0.6) is 0 Å². The van der Waals surface area contributed by atoms with Gasteiger partial charge in [-0.3, -0.25) is 4.68 Å². The molecule has 1 saturated carbocycles. The van der Waals surface area contributed by atoms with Crippen LogP contribution in [0.4, 0.5) is 0 Å². The van der Waals surface area contributed by atoms with Gasteiger partial charge in [-0.25, -0.2) is 0 Å². The summed E-state index contributed by atoms with van der Waals surface area (Å²) in [6, 6.07) is 13.4. The summed E-state index contributed by atoms with van der Waals surface area (Å²) in [4.78, 5) is 0. The van der Waals surface area contributed by atoms with E-state index < -0.39 is 0 Å². The number of aryl methyl sites for hydroxylation is 1. The zero-order chi connectivity index (χ0) is 14.5. The zero-order valence-corrected chi connectivity index (χ0v) is 12.6. The lowest BCUT2D eigenvalue weighted by molar-refractivity contribution is 0.461. The maximum Gasteiger partial charge on any atom is 0.0624 e. The molecule has 1 atom stereocenters. The summed E-state index contributed by atoms with van der Waals surface area (Å²) in [7, 11) is 0. The molecule has 1 unspecified atom stereocenters. The zero-order valence-electron chi connectivity index (χ0n) is 12.6. The minimum Gasteiger partial charge on any atom is -0.330 e. The Morgan fingerprint density at radius 3 is 2.62 bits per heavy atom. The van der Waals surface area contributed by atoms with E-state index in [2.05, 4.69) is 47.3 Å². The third-order valence-electron chi connectivity index (χ3n) is 4.67. The summed E-state index contributed by atoms with van der Waals surface area (Å²) in [5, 5.41) is 4.77. The molecule has 3 nitrogen and oxygen atoms in total. The third-order valence-corrected chi connectivity index (χ3v) is 4.67. The van der Waals surface area contributed by atoms with Crippen molar-refractivity contribution in [1.29, 1.82) is 0 Å². The number of nitrogens with two attached hydrogens (primary N) is 1. The van der Waals surface area contributed by atoms with Gasteiger partial charge in [0.05, 0.1) is 11.7 Å². The van der Waals surface area contributed by atoms with E-state index in [1.807, 2.05) is 0 Å². The fourth-order valence-corrected chi connectivity index (χ4v) is 3.35. The number of hydrogen-bond donors (Lipinski definition) is 1. The normalized spacial score (nSPS) is 17.2. The molecule has 1 aromatic heterocycles. The summed E-state index contributed by atoms with van der Waals surface area (Å²) in [6.45, 7) is 0.702. The minimum absolute atomic E-state index is 0.433. The van der Waals surface area contributed by atoms with Crippen LogP contribution in [-0.2, 0) is 6.42 Å². The standard InChI is InChI=1S/C18H25N3/c19-14-16(15-6-2-1-3-7-15)10-11-17-12-13-21(20-17)18-8-4-5-9-18/h1-3,6-7,12-13,16,18H,4-5,8-11,14,19H2. The van der Waals surface area contributed by atoms with Crippen molar-refractivity contribution >= 4 is 0 Å². The molecule has 1 aliphatic rings. The highest BCUT2D eigenvalue weighted by atomic mass is 15.3. The molecule has 2 N–H and O–H groups in total. The lowest BCUT2D eigenvalue weighted by Gasteiger charge is -2.14. The van der Waals surface area contributed by atoms with Gasteiger partial charge in [-0.05, 0) is 49.8 Å². The van der Waals surface area contributed by atoms with Gasteiger partial charge in [0, 0.05) is 6.20 Å². The molecular formula is C18H25N3. The molecule has 0 bridgehead atoms. The van der Waals surface area contributed by atoms with Gasteiger partial charge in [0.1, 0.15) is 0 Å². The van der Waals surface area contributed by atoms with E-state index in [-0.39, 0.29) is 0 Å². The predicted molar refractivity (Wildman–Crippen MR) is 86.3 cm³/mol. The Hall–Kier alpha value is -1.61. The molecule has 0 radical (unpaired) electrons. The van der Waals surface area contributed by atoms with Crippen LogP contribution in [0.1, 0.15) is 55.3 Å².